The number of methoxy groups -OCH3 is 1. The number of rotatable bonds is 12. The van der Waals surface area contributed by atoms with Crippen LogP contribution in [0.25, 0.3) is 0 Å². The van der Waals surface area contributed by atoms with E-state index in [1.807, 2.05) is 36.3 Å². The topological polar surface area (TPSA) is 40.2 Å². The molecular weight excluding hydrogens is 751 g/mol. The van der Waals surface area contributed by atoms with Crippen molar-refractivity contribution < 1.29 is 18.9 Å². The van der Waals surface area contributed by atoms with Gasteiger partial charge in [-0.25, -0.2) is 0 Å². The van der Waals surface area contributed by atoms with Gasteiger partial charge in [0.05, 0.1) is 40.1 Å². The first kappa shape index (κ1) is 34.0. The van der Waals surface area contributed by atoms with E-state index >= 15 is 0 Å². The average molecular weight is 814 g/mol. The Morgan fingerprint density at radius 1 is 0.705 bits per heavy atom. The number of likely N-dealkylation sites (tertiary alicyclic amines) is 1. The fraction of sp³-hybridized carbons (Fsp3) is 0.714. The maximum Gasteiger partial charge on any atom is 0.119 e. The van der Waals surface area contributed by atoms with Crippen LogP contribution >= 0.6 is 0 Å². The Balaban J connectivity index is 0.842. The maximum absolute atomic E-state index is 6.50. The SMILES string of the molecule is CCOCCOCCOCCN1CC2C3=C4C5C6=C(C3)CC3CC7=CC8=CC9=CC%10CC%11CC2(C2C4C4C5C5C(C63)C7C3C8C9C6C%10C(C4C6C35)C%112)C1c1cccc(OC)c1. The summed E-state index contributed by atoms with van der Waals surface area (Å²) in [4.78, 5) is 3.02. The minimum Gasteiger partial charge on any atom is -0.497 e. The van der Waals surface area contributed by atoms with E-state index in [0.29, 0.717) is 43.8 Å². The lowest BCUT2D eigenvalue weighted by molar-refractivity contribution is -0.144. The zero-order valence-electron chi connectivity index (χ0n) is 36.2. The second kappa shape index (κ2) is 11.0. The minimum atomic E-state index is 0.302. The van der Waals surface area contributed by atoms with Crippen LogP contribution in [-0.2, 0) is 14.2 Å². The van der Waals surface area contributed by atoms with E-state index in [2.05, 4.69) is 64.1 Å². The summed E-state index contributed by atoms with van der Waals surface area (Å²) in [7, 11) is 1.89. The summed E-state index contributed by atoms with van der Waals surface area (Å²) in [5, 5.41) is 0. The molecule has 17 aliphatic rings. The Labute approximate surface area is 361 Å². The molecule has 25 unspecified atom stereocenters. The van der Waals surface area contributed by atoms with Crippen molar-refractivity contribution >= 4 is 0 Å². The summed E-state index contributed by atoms with van der Waals surface area (Å²) in [5.41, 5.74) is 16.0. The quantitative estimate of drug-likeness (QED) is 0.156. The van der Waals surface area contributed by atoms with Crippen molar-refractivity contribution in [1.29, 1.82) is 0 Å². The van der Waals surface area contributed by atoms with E-state index in [0.717, 1.165) is 156 Å². The number of hydrogen-bond donors (Lipinski definition) is 0. The first-order valence-electron chi connectivity index (χ1n) is 25.9. The monoisotopic (exact) mass is 813 g/mol. The van der Waals surface area contributed by atoms with E-state index in [1.165, 1.54) is 38.6 Å². The zero-order valence-corrected chi connectivity index (χ0v) is 36.2. The predicted octanol–water partition coefficient (Wildman–Crippen LogP) is 8.82. The van der Waals surface area contributed by atoms with E-state index in [9.17, 15) is 0 Å². The molecule has 316 valence electrons. The number of fused-ring (bicyclic) bond motifs is 1. The second-order valence-corrected chi connectivity index (χ2v) is 24.6. The summed E-state index contributed by atoms with van der Waals surface area (Å²) in [6.45, 7) is 8.45. The van der Waals surface area contributed by atoms with Crippen molar-refractivity contribution in [1.82, 2.24) is 4.90 Å². The van der Waals surface area contributed by atoms with E-state index in [1.54, 1.807) is 5.56 Å². The Kier molecular flexibility index (Phi) is 6.11. The molecule has 5 nitrogen and oxygen atoms in total. The standard InChI is InChI=1S/C56H63NO4/c1-3-59-9-10-61-12-11-60-8-7-57-22-33-32-20-29-17-26-15-27-14-24-13-25-16-28-18-30-21-56(33,55(57)23-5-4-6-31(19-23)58-2)54-40(30)45-39(28)44-35(25)34(24)42-38(27)43-36(26)37(29)46-41(32)53(54)52-50(45)48(44)47(42)49(43)51(46)52/h4-6,13-14,16,19,26,28,30,33-36,38-40,42-55H,3,7-12,15,17-18,20-22H2,1-2H3. The van der Waals surface area contributed by atoms with E-state index in [4.69, 9.17) is 18.9 Å². The molecule has 1 aromatic rings. The molecular formula is C56H63NO4. The highest BCUT2D eigenvalue weighted by atomic mass is 16.5. The number of benzene rings is 1. The van der Waals surface area contributed by atoms with E-state index in [-0.39, 0.29) is 0 Å². The van der Waals surface area contributed by atoms with E-state index < -0.39 is 0 Å². The highest BCUT2D eigenvalue weighted by Crippen LogP contribution is 2.92. The van der Waals surface area contributed by atoms with Crippen molar-refractivity contribution in [2.24, 2.45) is 142 Å². The third kappa shape index (κ3) is 3.43. The lowest BCUT2D eigenvalue weighted by Gasteiger charge is -2.62. The highest BCUT2D eigenvalue weighted by molar-refractivity contribution is 5.60. The fourth-order valence-corrected chi connectivity index (χ4v) is 24.8. The van der Waals surface area contributed by atoms with Crippen molar-refractivity contribution in [3.63, 3.8) is 0 Å². The number of hydrogen-bond acceptors (Lipinski definition) is 5. The molecule has 1 saturated heterocycles. The average Bonchev–Trinajstić information content (AvgIpc) is 4.13. The molecule has 61 heavy (non-hydrogen) atoms. The number of nitrogens with zero attached hydrogens (tertiary/aromatic N) is 1. The highest BCUT2D eigenvalue weighted by Gasteiger charge is 2.87. The van der Waals surface area contributed by atoms with Crippen LogP contribution in [0.1, 0.15) is 50.6 Å². The van der Waals surface area contributed by atoms with Gasteiger partial charge in [0.1, 0.15) is 5.75 Å². The second-order valence-electron chi connectivity index (χ2n) is 24.6. The molecule has 1 aliphatic heterocycles. The molecule has 1 aromatic carbocycles. The zero-order chi connectivity index (χ0) is 39.1. The van der Waals surface area contributed by atoms with Crippen molar-refractivity contribution in [3.05, 3.63) is 87.1 Å². The van der Waals surface area contributed by atoms with Gasteiger partial charge in [0.2, 0.25) is 0 Å². The predicted molar refractivity (Wildman–Crippen MR) is 230 cm³/mol. The van der Waals surface area contributed by atoms with Gasteiger partial charge < -0.3 is 18.9 Å². The smallest absolute Gasteiger partial charge is 0.119 e. The van der Waals surface area contributed by atoms with Crippen LogP contribution in [0, 0.1) is 142 Å². The minimum absolute atomic E-state index is 0.302. The molecule has 0 aromatic heterocycles. The number of ether oxygens (including phenoxy) is 4. The first-order chi connectivity index (χ1) is 30.2. The van der Waals surface area contributed by atoms with Gasteiger partial charge in [0, 0.05) is 43.0 Å². The molecule has 25 atom stereocenters. The first-order valence-corrected chi connectivity index (χ1v) is 25.9. The van der Waals surface area contributed by atoms with Crippen LogP contribution in [0.3, 0.4) is 0 Å². The largest absolute Gasteiger partial charge is 0.497 e. The van der Waals surface area contributed by atoms with Crippen LogP contribution < -0.4 is 4.74 Å². The molecule has 0 amide bonds. The van der Waals surface area contributed by atoms with Gasteiger partial charge in [-0.1, -0.05) is 58.2 Å². The van der Waals surface area contributed by atoms with Crippen molar-refractivity contribution in [2.45, 2.75) is 45.1 Å². The van der Waals surface area contributed by atoms with Crippen LogP contribution in [0.2, 0.25) is 0 Å². The van der Waals surface area contributed by atoms with Gasteiger partial charge in [0.15, 0.2) is 0 Å². The lowest BCUT2D eigenvalue weighted by Crippen LogP contribution is -2.59. The van der Waals surface area contributed by atoms with Gasteiger partial charge in [-0.05, 0) is 192 Å². The van der Waals surface area contributed by atoms with Gasteiger partial charge >= 0.3 is 0 Å². The Hall–Kier alpha value is -2.44. The third-order valence-electron chi connectivity index (χ3n) is 24.3. The normalized spacial score (nSPS) is 57.1. The number of allylic oxidation sites excluding steroid dienone is 9. The molecule has 18 rings (SSSR count). The molecule has 11 fully saturated rings. The van der Waals surface area contributed by atoms with Gasteiger partial charge in [-0.2, -0.15) is 0 Å². The summed E-state index contributed by atoms with van der Waals surface area (Å²) in [6, 6.07) is 10.00. The van der Waals surface area contributed by atoms with Crippen LogP contribution in [0.4, 0.5) is 0 Å². The Bertz CT molecular complexity index is 2420. The van der Waals surface area contributed by atoms with Gasteiger partial charge in [-0.3, -0.25) is 4.90 Å². The van der Waals surface area contributed by atoms with Crippen molar-refractivity contribution in [2.75, 3.05) is 59.8 Å². The third-order valence-corrected chi connectivity index (χ3v) is 24.3. The molecule has 0 bridgehead atoms. The van der Waals surface area contributed by atoms with Crippen LogP contribution in [0.5, 0.6) is 5.75 Å². The molecule has 5 heteroatoms. The molecule has 1 spiro atoms. The molecule has 16 aliphatic carbocycles. The lowest BCUT2D eigenvalue weighted by atomic mass is 9.41. The van der Waals surface area contributed by atoms with Gasteiger partial charge in [0.25, 0.3) is 0 Å². The molecule has 10 saturated carbocycles. The van der Waals surface area contributed by atoms with Crippen molar-refractivity contribution in [3.8, 4) is 5.75 Å². The molecule has 0 N–H and O–H groups in total. The van der Waals surface area contributed by atoms with Gasteiger partial charge in [-0.15, -0.1) is 0 Å². The Morgan fingerprint density at radius 2 is 1.49 bits per heavy atom. The molecule has 0 radical (unpaired) electrons. The fourth-order valence-electron chi connectivity index (χ4n) is 24.8. The maximum atomic E-state index is 6.50. The van der Waals surface area contributed by atoms with Crippen LogP contribution in [0.15, 0.2) is 81.5 Å². The summed E-state index contributed by atoms with van der Waals surface area (Å²) >= 11 is 0. The Morgan fingerprint density at radius 3 is 2.38 bits per heavy atom. The summed E-state index contributed by atoms with van der Waals surface area (Å²) in [6.07, 6.45) is 16.0. The van der Waals surface area contributed by atoms with Crippen LogP contribution in [-0.4, -0.2) is 64.7 Å². The summed E-state index contributed by atoms with van der Waals surface area (Å²) < 4.78 is 24.0. The summed E-state index contributed by atoms with van der Waals surface area (Å²) in [5.74, 6) is 22.4. The molecule has 1 heterocycles.